The number of rotatable bonds is 3. The van der Waals surface area contributed by atoms with Gasteiger partial charge in [0, 0.05) is 44.4 Å². The van der Waals surface area contributed by atoms with Crippen LogP contribution in [0.25, 0.3) is 10.9 Å². The van der Waals surface area contributed by atoms with Crippen LogP contribution >= 0.6 is 0 Å². The van der Waals surface area contributed by atoms with Crippen molar-refractivity contribution in [1.29, 1.82) is 0 Å². The first-order valence-electron chi connectivity index (χ1n) is 7.68. The van der Waals surface area contributed by atoms with Crippen LogP contribution in [-0.2, 0) is 7.05 Å². The fraction of sp³-hybridized carbons (Fsp3) is 0.167. The molecule has 0 atom stereocenters. The van der Waals surface area contributed by atoms with Crippen LogP contribution in [0, 0.1) is 0 Å². The summed E-state index contributed by atoms with van der Waals surface area (Å²) in [7, 11) is 4.78. The molecule has 3 rings (SSSR count). The zero-order valence-electron chi connectivity index (χ0n) is 14.2. The Morgan fingerprint density at radius 1 is 1.20 bits per heavy atom. The molecule has 2 amide bonds. The number of H-pyrrole nitrogens is 1. The number of aromatic nitrogens is 2. The summed E-state index contributed by atoms with van der Waals surface area (Å²) in [5.74, 6) is -0.665. The number of benzene rings is 1. The second-order valence-corrected chi connectivity index (χ2v) is 5.96. The molecule has 2 N–H and O–H groups in total. The van der Waals surface area contributed by atoms with E-state index in [2.05, 4.69) is 10.3 Å². The summed E-state index contributed by atoms with van der Waals surface area (Å²) in [5.41, 5.74) is 1.26. The number of hydrogen-bond acceptors (Lipinski definition) is 3. The average molecular weight is 338 g/mol. The first-order chi connectivity index (χ1) is 11.9. The largest absolute Gasteiger partial charge is 0.360 e. The van der Waals surface area contributed by atoms with Crippen molar-refractivity contribution in [2.75, 3.05) is 19.4 Å². The normalized spacial score (nSPS) is 10.7. The molecule has 0 saturated heterocycles. The van der Waals surface area contributed by atoms with Crippen LogP contribution in [0.2, 0.25) is 0 Å². The smallest absolute Gasteiger partial charge is 0.274 e. The number of nitrogens with one attached hydrogen (secondary N) is 2. The number of carbonyl (C=O) groups excluding carboxylic acids is 2. The maximum Gasteiger partial charge on any atom is 0.274 e. The van der Waals surface area contributed by atoms with Crippen molar-refractivity contribution in [3.05, 3.63) is 64.2 Å². The minimum atomic E-state index is -0.413. The summed E-state index contributed by atoms with van der Waals surface area (Å²) >= 11 is 0. The molecule has 0 aliphatic carbocycles. The van der Waals surface area contributed by atoms with Gasteiger partial charge in [-0.25, -0.2) is 0 Å². The van der Waals surface area contributed by atoms with E-state index in [4.69, 9.17) is 0 Å². The molecule has 128 valence electrons. The second kappa shape index (κ2) is 6.27. The van der Waals surface area contributed by atoms with E-state index in [1.54, 1.807) is 20.3 Å². The quantitative estimate of drug-likeness (QED) is 0.764. The predicted molar refractivity (Wildman–Crippen MR) is 96.0 cm³/mol. The number of amides is 2. The van der Waals surface area contributed by atoms with E-state index < -0.39 is 5.91 Å². The molecule has 0 saturated carbocycles. The van der Waals surface area contributed by atoms with Gasteiger partial charge in [-0.05, 0) is 12.1 Å². The Morgan fingerprint density at radius 3 is 2.64 bits per heavy atom. The van der Waals surface area contributed by atoms with Gasteiger partial charge in [-0.2, -0.15) is 0 Å². The molecule has 0 bridgehead atoms. The number of fused-ring (bicyclic) bond motifs is 1. The molecular weight excluding hydrogens is 320 g/mol. The Balaban J connectivity index is 1.98. The molecule has 25 heavy (non-hydrogen) atoms. The van der Waals surface area contributed by atoms with Crippen molar-refractivity contribution in [3.8, 4) is 0 Å². The van der Waals surface area contributed by atoms with E-state index in [1.165, 1.54) is 28.8 Å². The number of hydrogen-bond donors (Lipinski definition) is 2. The number of anilines is 1. The van der Waals surface area contributed by atoms with Crippen LogP contribution in [0.1, 0.15) is 20.7 Å². The third-order valence-corrected chi connectivity index (χ3v) is 3.92. The Bertz CT molecular complexity index is 1030. The topological polar surface area (TPSA) is 87.2 Å². The summed E-state index contributed by atoms with van der Waals surface area (Å²) in [5, 5.41) is 3.38. The van der Waals surface area contributed by atoms with Crippen LogP contribution in [0.4, 0.5) is 5.69 Å². The highest BCUT2D eigenvalue weighted by Crippen LogP contribution is 2.19. The zero-order chi connectivity index (χ0) is 18.1. The highest BCUT2D eigenvalue weighted by atomic mass is 16.2. The fourth-order valence-corrected chi connectivity index (χ4v) is 2.63. The second-order valence-electron chi connectivity index (χ2n) is 5.96. The van der Waals surface area contributed by atoms with Crippen LogP contribution < -0.4 is 10.9 Å². The molecule has 2 aromatic heterocycles. The van der Waals surface area contributed by atoms with E-state index in [-0.39, 0.29) is 17.2 Å². The Kier molecular flexibility index (Phi) is 4.14. The lowest BCUT2D eigenvalue weighted by molar-refractivity contribution is 0.0826. The van der Waals surface area contributed by atoms with Gasteiger partial charge in [0.25, 0.3) is 17.4 Å². The van der Waals surface area contributed by atoms with E-state index in [0.717, 1.165) is 10.9 Å². The summed E-state index contributed by atoms with van der Waals surface area (Å²) in [6, 6.07) is 8.79. The number of carbonyl (C=O) groups is 2. The lowest BCUT2D eigenvalue weighted by Gasteiger charge is -2.13. The lowest BCUT2D eigenvalue weighted by Crippen LogP contribution is -2.28. The third kappa shape index (κ3) is 3.03. The van der Waals surface area contributed by atoms with Gasteiger partial charge in [-0.15, -0.1) is 0 Å². The standard InChI is InChI=1S/C18H18N4O3/c1-21(2)17(24)11-8-15(18(25)22(3)10-11)20-16(23)13-9-19-14-7-5-4-6-12(13)14/h4-10,19H,1-3H3,(H,20,23). The van der Waals surface area contributed by atoms with Gasteiger partial charge in [0.2, 0.25) is 0 Å². The molecule has 0 radical (unpaired) electrons. The van der Waals surface area contributed by atoms with Crippen molar-refractivity contribution in [1.82, 2.24) is 14.5 Å². The summed E-state index contributed by atoms with van der Waals surface area (Å²) in [4.78, 5) is 41.5. The summed E-state index contributed by atoms with van der Waals surface area (Å²) < 4.78 is 1.28. The van der Waals surface area contributed by atoms with E-state index in [9.17, 15) is 14.4 Å². The molecular formula is C18H18N4O3. The van der Waals surface area contributed by atoms with Crippen molar-refractivity contribution >= 4 is 28.4 Å². The van der Waals surface area contributed by atoms with Crippen LogP contribution in [-0.4, -0.2) is 40.4 Å². The molecule has 1 aromatic carbocycles. The first kappa shape index (κ1) is 16.5. The monoisotopic (exact) mass is 338 g/mol. The minimum Gasteiger partial charge on any atom is -0.360 e. The van der Waals surface area contributed by atoms with E-state index >= 15 is 0 Å². The lowest BCUT2D eigenvalue weighted by atomic mass is 10.1. The molecule has 0 unspecified atom stereocenters. The Hall–Kier alpha value is -3.35. The minimum absolute atomic E-state index is 0.0606. The van der Waals surface area contributed by atoms with Crippen molar-refractivity contribution in [3.63, 3.8) is 0 Å². The van der Waals surface area contributed by atoms with Gasteiger partial charge < -0.3 is 19.8 Å². The van der Waals surface area contributed by atoms with Crippen LogP contribution in [0.15, 0.2) is 47.5 Å². The zero-order valence-corrected chi connectivity index (χ0v) is 14.2. The first-order valence-corrected chi connectivity index (χ1v) is 7.68. The molecule has 0 spiro atoms. The van der Waals surface area contributed by atoms with Crippen molar-refractivity contribution in [2.45, 2.75) is 0 Å². The molecule has 0 fully saturated rings. The van der Waals surface area contributed by atoms with Crippen molar-refractivity contribution < 1.29 is 9.59 Å². The number of para-hydroxylation sites is 1. The Labute approximate surface area is 143 Å². The number of aryl methyl sites for hydroxylation is 1. The van der Waals surface area contributed by atoms with Crippen LogP contribution in [0.5, 0.6) is 0 Å². The number of aromatic amines is 1. The van der Waals surface area contributed by atoms with Gasteiger partial charge in [-0.1, -0.05) is 18.2 Å². The SMILES string of the molecule is CN(C)C(=O)c1cc(NC(=O)c2c[nH]c3ccccc23)c(=O)n(C)c1. The van der Waals surface area contributed by atoms with E-state index in [1.807, 2.05) is 24.3 Å². The molecule has 0 aliphatic rings. The molecule has 3 aromatic rings. The average Bonchev–Trinajstić information content (AvgIpc) is 3.02. The van der Waals surface area contributed by atoms with Gasteiger partial charge in [0.05, 0.1) is 11.1 Å². The van der Waals surface area contributed by atoms with E-state index in [0.29, 0.717) is 11.1 Å². The summed E-state index contributed by atoms with van der Waals surface area (Å²) in [6.07, 6.45) is 3.05. The fourth-order valence-electron chi connectivity index (χ4n) is 2.63. The van der Waals surface area contributed by atoms with Gasteiger partial charge in [-0.3, -0.25) is 14.4 Å². The maximum atomic E-state index is 12.6. The molecule has 7 nitrogen and oxygen atoms in total. The Morgan fingerprint density at radius 2 is 1.92 bits per heavy atom. The van der Waals surface area contributed by atoms with Gasteiger partial charge in [0.15, 0.2) is 0 Å². The number of nitrogens with zero attached hydrogens (tertiary/aromatic N) is 2. The highest BCUT2D eigenvalue weighted by molar-refractivity contribution is 6.13. The molecule has 0 aliphatic heterocycles. The highest BCUT2D eigenvalue weighted by Gasteiger charge is 2.17. The molecule has 7 heteroatoms. The predicted octanol–water partition coefficient (Wildman–Crippen LogP) is 1.82. The van der Waals surface area contributed by atoms with Gasteiger partial charge in [0.1, 0.15) is 5.69 Å². The van der Waals surface area contributed by atoms with Gasteiger partial charge >= 0.3 is 0 Å². The maximum absolute atomic E-state index is 12.6. The van der Waals surface area contributed by atoms with Crippen molar-refractivity contribution in [2.24, 2.45) is 7.05 Å². The molecule has 2 heterocycles. The van der Waals surface area contributed by atoms with Crippen LogP contribution in [0.3, 0.4) is 0 Å². The summed E-state index contributed by atoms with van der Waals surface area (Å²) in [6.45, 7) is 0. The number of pyridine rings is 1. The third-order valence-electron chi connectivity index (χ3n) is 3.92.